The Bertz CT molecular complexity index is 460. The number of rotatable bonds is 3. The first kappa shape index (κ1) is 14.3. The predicted octanol–water partition coefficient (Wildman–Crippen LogP) is 3.75. The van der Waals surface area contributed by atoms with Crippen molar-refractivity contribution >= 4 is 0 Å². The van der Waals surface area contributed by atoms with Crippen LogP contribution in [0.25, 0.3) is 0 Å². The molecule has 0 aromatic heterocycles. The molecule has 0 unspecified atom stereocenters. The summed E-state index contributed by atoms with van der Waals surface area (Å²) in [6, 6.07) is 2.76. The Balaban J connectivity index is 2.36. The van der Waals surface area contributed by atoms with Crippen LogP contribution in [0.1, 0.15) is 32.3 Å². The summed E-state index contributed by atoms with van der Waals surface area (Å²) in [5.74, 6) is -1.11. The van der Waals surface area contributed by atoms with E-state index < -0.39 is 11.6 Å². The van der Waals surface area contributed by atoms with Crippen molar-refractivity contribution in [2.24, 2.45) is 11.8 Å². The van der Waals surface area contributed by atoms with Gasteiger partial charge in [0.1, 0.15) is 0 Å². The average molecular weight is 270 g/mol. The third-order valence-electron chi connectivity index (χ3n) is 3.96. The van der Waals surface area contributed by atoms with E-state index in [1.54, 1.807) is 6.07 Å². The van der Waals surface area contributed by atoms with Gasteiger partial charge in [-0.1, -0.05) is 26.8 Å². The molecule has 1 aromatic carbocycles. The number of hydrogen-bond donors (Lipinski definition) is 0. The van der Waals surface area contributed by atoms with E-state index in [1.807, 2.05) is 0 Å². The van der Waals surface area contributed by atoms with Gasteiger partial charge in [0, 0.05) is 11.5 Å². The second-order valence-electron chi connectivity index (χ2n) is 5.49. The maximum absolute atomic E-state index is 13.8. The van der Waals surface area contributed by atoms with E-state index in [1.165, 1.54) is 7.11 Å². The molecule has 0 saturated carbocycles. The Hall–Kier alpha value is -1.16. The van der Waals surface area contributed by atoms with Gasteiger partial charge in [0.15, 0.2) is 11.6 Å². The van der Waals surface area contributed by atoms with E-state index in [-0.39, 0.29) is 23.7 Å². The van der Waals surface area contributed by atoms with E-state index in [0.717, 1.165) is 6.07 Å². The van der Waals surface area contributed by atoms with Gasteiger partial charge in [-0.25, -0.2) is 4.39 Å². The van der Waals surface area contributed by atoms with Crippen molar-refractivity contribution in [2.75, 3.05) is 13.7 Å². The molecule has 0 bridgehead atoms. The smallest absolute Gasteiger partial charge is 0.200 e. The van der Waals surface area contributed by atoms with E-state index in [2.05, 4.69) is 20.8 Å². The molecule has 1 aliphatic heterocycles. The van der Waals surface area contributed by atoms with E-state index in [9.17, 15) is 8.78 Å². The summed E-state index contributed by atoms with van der Waals surface area (Å²) < 4.78 is 37.8. The zero-order valence-corrected chi connectivity index (χ0v) is 11.7. The molecule has 0 N–H and O–H groups in total. The first-order valence-corrected chi connectivity index (χ1v) is 6.60. The van der Waals surface area contributed by atoms with Gasteiger partial charge in [-0.3, -0.25) is 0 Å². The Kier molecular flexibility index (Phi) is 4.09. The van der Waals surface area contributed by atoms with Crippen LogP contribution in [0.4, 0.5) is 8.78 Å². The summed E-state index contributed by atoms with van der Waals surface area (Å²) in [7, 11) is 1.36. The van der Waals surface area contributed by atoms with Gasteiger partial charge in [-0.05, 0) is 17.9 Å². The lowest BCUT2D eigenvalue weighted by Gasteiger charge is -2.22. The fraction of sp³-hybridized carbons (Fsp3) is 0.600. The highest BCUT2D eigenvalue weighted by molar-refractivity contribution is 5.39. The Labute approximate surface area is 112 Å². The summed E-state index contributed by atoms with van der Waals surface area (Å²) in [6.07, 6.45) is 0.142. The van der Waals surface area contributed by atoms with Crippen LogP contribution < -0.4 is 4.74 Å². The van der Waals surface area contributed by atoms with Gasteiger partial charge in [-0.2, -0.15) is 4.39 Å². The first-order chi connectivity index (χ1) is 8.97. The van der Waals surface area contributed by atoms with Gasteiger partial charge >= 0.3 is 0 Å². The molecule has 3 atom stereocenters. The summed E-state index contributed by atoms with van der Waals surface area (Å²) in [4.78, 5) is 0. The number of ether oxygens (including phenoxy) is 2. The summed E-state index contributed by atoms with van der Waals surface area (Å²) in [6.45, 7) is 6.81. The van der Waals surface area contributed by atoms with Crippen LogP contribution in [0, 0.1) is 23.5 Å². The standard InChI is InChI=1S/C15H20F2O2/c1-8(2)14-9(3)11(7-19-14)10-5-6-12(16)13(17)15(10)18-4/h5-6,8-9,11,14H,7H2,1-4H3/t9-,11-,14-/m0/s1. The first-order valence-electron chi connectivity index (χ1n) is 6.60. The molecule has 0 amide bonds. The average Bonchev–Trinajstić information content (AvgIpc) is 2.74. The van der Waals surface area contributed by atoms with Crippen LogP contribution in [0.2, 0.25) is 0 Å². The Morgan fingerprint density at radius 3 is 2.53 bits per heavy atom. The quantitative estimate of drug-likeness (QED) is 0.833. The number of halogens is 2. The zero-order valence-electron chi connectivity index (χ0n) is 11.7. The minimum absolute atomic E-state index is 0.00450. The number of hydrogen-bond acceptors (Lipinski definition) is 2. The third-order valence-corrected chi connectivity index (χ3v) is 3.96. The second kappa shape index (κ2) is 5.45. The van der Waals surface area contributed by atoms with Crippen LogP contribution in [0.3, 0.4) is 0 Å². The maximum Gasteiger partial charge on any atom is 0.200 e. The van der Waals surface area contributed by atoms with Crippen LogP contribution in [-0.2, 0) is 4.74 Å². The minimum atomic E-state index is -0.916. The van der Waals surface area contributed by atoms with Gasteiger partial charge in [-0.15, -0.1) is 0 Å². The van der Waals surface area contributed by atoms with Crippen molar-refractivity contribution in [3.05, 3.63) is 29.3 Å². The van der Waals surface area contributed by atoms with Gasteiger partial charge < -0.3 is 9.47 Å². The lowest BCUT2D eigenvalue weighted by molar-refractivity contribution is 0.0576. The molecule has 19 heavy (non-hydrogen) atoms. The molecule has 0 aliphatic carbocycles. The molecular weight excluding hydrogens is 250 g/mol. The largest absolute Gasteiger partial charge is 0.493 e. The molecule has 1 aliphatic rings. The van der Waals surface area contributed by atoms with Crippen LogP contribution >= 0.6 is 0 Å². The monoisotopic (exact) mass is 270 g/mol. The third kappa shape index (κ3) is 2.46. The molecule has 1 fully saturated rings. The van der Waals surface area contributed by atoms with Crippen molar-refractivity contribution in [2.45, 2.75) is 32.8 Å². The lowest BCUT2D eigenvalue weighted by Crippen LogP contribution is -2.22. The Morgan fingerprint density at radius 1 is 1.32 bits per heavy atom. The van der Waals surface area contributed by atoms with E-state index >= 15 is 0 Å². The minimum Gasteiger partial charge on any atom is -0.493 e. The highest BCUT2D eigenvalue weighted by atomic mass is 19.2. The normalized spacial score (nSPS) is 27.0. The van der Waals surface area contributed by atoms with E-state index in [0.29, 0.717) is 18.1 Å². The summed E-state index contributed by atoms with van der Waals surface area (Å²) in [5, 5.41) is 0. The molecule has 1 heterocycles. The summed E-state index contributed by atoms with van der Waals surface area (Å²) >= 11 is 0. The molecule has 0 spiro atoms. The van der Waals surface area contributed by atoms with Gasteiger partial charge in [0.2, 0.25) is 5.82 Å². The predicted molar refractivity (Wildman–Crippen MR) is 69.4 cm³/mol. The molecule has 1 aromatic rings. The van der Waals surface area contributed by atoms with Gasteiger partial charge in [0.25, 0.3) is 0 Å². The highest BCUT2D eigenvalue weighted by Crippen LogP contribution is 2.42. The highest BCUT2D eigenvalue weighted by Gasteiger charge is 2.38. The fourth-order valence-electron chi connectivity index (χ4n) is 2.97. The van der Waals surface area contributed by atoms with E-state index in [4.69, 9.17) is 9.47 Å². The second-order valence-corrected chi connectivity index (χ2v) is 5.49. The summed E-state index contributed by atoms with van der Waals surface area (Å²) in [5.41, 5.74) is 0.692. The molecule has 0 radical (unpaired) electrons. The van der Waals surface area contributed by atoms with Crippen LogP contribution in [0.5, 0.6) is 5.75 Å². The fourth-order valence-corrected chi connectivity index (χ4v) is 2.97. The van der Waals surface area contributed by atoms with Crippen molar-refractivity contribution in [1.29, 1.82) is 0 Å². The topological polar surface area (TPSA) is 18.5 Å². The van der Waals surface area contributed by atoms with Crippen molar-refractivity contribution < 1.29 is 18.3 Å². The zero-order chi connectivity index (χ0) is 14.2. The molecular formula is C15H20F2O2. The van der Waals surface area contributed by atoms with Crippen LogP contribution in [-0.4, -0.2) is 19.8 Å². The maximum atomic E-state index is 13.8. The Morgan fingerprint density at radius 2 is 2.00 bits per heavy atom. The number of methoxy groups -OCH3 is 1. The van der Waals surface area contributed by atoms with Crippen molar-refractivity contribution in [1.82, 2.24) is 0 Å². The molecule has 2 rings (SSSR count). The molecule has 2 nitrogen and oxygen atoms in total. The van der Waals surface area contributed by atoms with Crippen molar-refractivity contribution in [3.8, 4) is 5.75 Å². The lowest BCUT2D eigenvalue weighted by atomic mass is 9.83. The molecule has 1 saturated heterocycles. The molecule has 4 heteroatoms. The SMILES string of the molecule is COc1c([C@H]2CO[C@@H](C(C)C)[C@H]2C)ccc(F)c1F. The van der Waals surface area contributed by atoms with Gasteiger partial charge in [0.05, 0.1) is 19.8 Å². The van der Waals surface area contributed by atoms with Crippen LogP contribution in [0.15, 0.2) is 12.1 Å². The van der Waals surface area contributed by atoms with Crippen molar-refractivity contribution in [3.63, 3.8) is 0 Å². The molecule has 106 valence electrons. The number of benzene rings is 1.